The lowest BCUT2D eigenvalue weighted by Gasteiger charge is -2.26. The first-order valence-electron chi connectivity index (χ1n) is 12.8. The Hall–Kier alpha value is -1.65. The zero-order chi connectivity index (χ0) is 24.3. The highest BCUT2D eigenvalue weighted by molar-refractivity contribution is 6.35. The van der Waals surface area contributed by atoms with E-state index in [9.17, 15) is 5.11 Å². The highest BCUT2D eigenvalue weighted by Crippen LogP contribution is 2.33. The van der Waals surface area contributed by atoms with Crippen molar-refractivity contribution in [3.05, 3.63) is 64.1 Å². The summed E-state index contributed by atoms with van der Waals surface area (Å²) in [5, 5.41) is 13.7. The number of halogens is 2. The van der Waals surface area contributed by atoms with Crippen LogP contribution in [0.3, 0.4) is 0 Å². The molecule has 0 bridgehead atoms. The largest absolute Gasteiger partial charge is 0.387 e. The lowest BCUT2D eigenvalue weighted by molar-refractivity contribution is 0.111. The molecule has 0 saturated heterocycles. The van der Waals surface area contributed by atoms with Crippen LogP contribution in [-0.4, -0.2) is 34.6 Å². The molecule has 34 heavy (non-hydrogen) atoms. The standard InChI is InChI=1S/C29H38Cl2N2O/c1-3-5-7-9-18-33(19-10-8-6-4-2)21-28(34)25-20-27(22-14-16-23(30)17-15-22)32-29-24(25)12-11-13-26(29)31/h11-17,20,28,34H,3-10,18-19,21H2,1-2H3/t28-/m1/s1. The van der Waals surface area contributed by atoms with E-state index in [2.05, 4.69) is 18.7 Å². The van der Waals surface area contributed by atoms with Gasteiger partial charge in [0.1, 0.15) is 0 Å². The maximum absolute atomic E-state index is 11.5. The SMILES string of the molecule is CCCCCCN(CCCCCC)C[C@@H](O)c1cc(-c2ccc(Cl)cc2)nc2c(Cl)cccc12. The maximum atomic E-state index is 11.5. The van der Waals surface area contributed by atoms with Gasteiger partial charge in [0.15, 0.2) is 0 Å². The van der Waals surface area contributed by atoms with E-state index in [1.807, 2.05) is 48.5 Å². The Bertz CT molecular complexity index is 1010. The fraction of sp³-hybridized carbons (Fsp3) is 0.483. The minimum absolute atomic E-state index is 0.595. The molecule has 0 aliphatic heterocycles. The third kappa shape index (κ3) is 7.68. The number of fused-ring (bicyclic) bond motifs is 1. The molecule has 0 aliphatic carbocycles. The summed E-state index contributed by atoms with van der Waals surface area (Å²) in [5.41, 5.74) is 3.35. The van der Waals surface area contributed by atoms with Crippen LogP contribution in [0.25, 0.3) is 22.2 Å². The number of rotatable bonds is 14. The number of benzene rings is 2. The van der Waals surface area contributed by atoms with Gasteiger partial charge in [-0.2, -0.15) is 0 Å². The van der Waals surface area contributed by atoms with Crippen molar-refractivity contribution < 1.29 is 5.11 Å². The van der Waals surface area contributed by atoms with Gasteiger partial charge in [0, 0.05) is 22.5 Å². The Labute approximate surface area is 215 Å². The van der Waals surface area contributed by atoms with Crippen molar-refractivity contribution >= 4 is 34.1 Å². The molecule has 2 aromatic carbocycles. The van der Waals surface area contributed by atoms with Gasteiger partial charge in [-0.25, -0.2) is 4.98 Å². The Balaban J connectivity index is 1.87. The number of para-hydroxylation sites is 1. The predicted octanol–water partition coefficient (Wildman–Crippen LogP) is 8.70. The van der Waals surface area contributed by atoms with Gasteiger partial charge in [-0.05, 0) is 55.8 Å². The van der Waals surface area contributed by atoms with Gasteiger partial charge in [0.05, 0.1) is 22.3 Å². The van der Waals surface area contributed by atoms with Crippen molar-refractivity contribution in [3.8, 4) is 11.3 Å². The summed E-state index contributed by atoms with van der Waals surface area (Å²) in [4.78, 5) is 7.28. The Morgan fingerprint density at radius 3 is 2.12 bits per heavy atom. The van der Waals surface area contributed by atoms with Gasteiger partial charge < -0.3 is 10.0 Å². The van der Waals surface area contributed by atoms with Crippen LogP contribution >= 0.6 is 23.2 Å². The molecule has 3 rings (SSSR count). The van der Waals surface area contributed by atoms with Crippen LogP contribution in [0.5, 0.6) is 0 Å². The number of aromatic nitrogens is 1. The molecule has 0 saturated carbocycles. The zero-order valence-corrected chi connectivity index (χ0v) is 22.1. The molecule has 0 unspecified atom stereocenters. The van der Waals surface area contributed by atoms with Gasteiger partial charge in [-0.1, -0.05) is 99.8 Å². The third-order valence-electron chi connectivity index (χ3n) is 6.41. The van der Waals surface area contributed by atoms with Gasteiger partial charge >= 0.3 is 0 Å². The van der Waals surface area contributed by atoms with Crippen LogP contribution in [0.1, 0.15) is 76.9 Å². The Morgan fingerprint density at radius 2 is 1.50 bits per heavy atom. The van der Waals surface area contributed by atoms with Crippen molar-refractivity contribution in [2.24, 2.45) is 0 Å². The van der Waals surface area contributed by atoms with E-state index in [0.717, 1.165) is 40.8 Å². The smallest absolute Gasteiger partial charge is 0.0924 e. The molecule has 1 atom stereocenters. The second-order valence-electron chi connectivity index (χ2n) is 9.18. The van der Waals surface area contributed by atoms with Crippen molar-refractivity contribution in [1.29, 1.82) is 0 Å². The summed E-state index contributed by atoms with van der Waals surface area (Å²) in [6.45, 7) is 7.15. The molecule has 184 valence electrons. The Kier molecular flexibility index (Phi) is 11.1. The summed E-state index contributed by atoms with van der Waals surface area (Å²) in [7, 11) is 0. The maximum Gasteiger partial charge on any atom is 0.0924 e. The summed E-state index contributed by atoms with van der Waals surface area (Å²) in [6, 6.07) is 15.4. The van der Waals surface area contributed by atoms with E-state index in [4.69, 9.17) is 28.2 Å². The summed E-state index contributed by atoms with van der Waals surface area (Å²) in [5.74, 6) is 0. The molecular weight excluding hydrogens is 463 g/mol. The molecule has 0 radical (unpaired) electrons. The van der Waals surface area contributed by atoms with Crippen LogP contribution in [0, 0.1) is 0 Å². The van der Waals surface area contributed by atoms with Crippen molar-refractivity contribution in [1.82, 2.24) is 9.88 Å². The zero-order valence-electron chi connectivity index (χ0n) is 20.6. The lowest BCUT2D eigenvalue weighted by atomic mass is 9.99. The molecule has 3 aromatic rings. The molecule has 5 heteroatoms. The molecule has 3 nitrogen and oxygen atoms in total. The summed E-state index contributed by atoms with van der Waals surface area (Å²) in [6.07, 6.45) is 9.22. The Morgan fingerprint density at radius 1 is 0.853 bits per heavy atom. The molecule has 0 spiro atoms. The third-order valence-corrected chi connectivity index (χ3v) is 6.97. The molecule has 1 aromatic heterocycles. The molecule has 1 heterocycles. The van der Waals surface area contributed by atoms with Crippen LogP contribution in [0.2, 0.25) is 10.0 Å². The van der Waals surface area contributed by atoms with Crippen molar-refractivity contribution in [2.75, 3.05) is 19.6 Å². The van der Waals surface area contributed by atoms with E-state index in [-0.39, 0.29) is 0 Å². The highest BCUT2D eigenvalue weighted by Gasteiger charge is 2.19. The normalized spacial score (nSPS) is 12.5. The number of aliphatic hydroxyl groups excluding tert-OH is 1. The summed E-state index contributed by atoms with van der Waals surface area (Å²) >= 11 is 12.6. The summed E-state index contributed by atoms with van der Waals surface area (Å²) < 4.78 is 0. The van der Waals surface area contributed by atoms with Gasteiger partial charge in [0.25, 0.3) is 0 Å². The minimum atomic E-state index is -0.618. The fourth-order valence-electron chi connectivity index (χ4n) is 4.45. The van der Waals surface area contributed by atoms with E-state index < -0.39 is 6.10 Å². The minimum Gasteiger partial charge on any atom is -0.387 e. The van der Waals surface area contributed by atoms with Crippen molar-refractivity contribution in [2.45, 2.75) is 71.3 Å². The van der Waals surface area contributed by atoms with Crippen LogP contribution in [-0.2, 0) is 0 Å². The second-order valence-corrected chi connectivity index (χ2v) is 10.0. The average molecular weight is 502 g/mol. The molecule has 0 aliphatic rings. The first-order chi connectivity index (χ1) is 16.5. The van der Waals surface area contributed by atoms with Crippen molar-refractivity contribution in [3.63, 3.8) is 0 Å². The van der Waals surface area contributed by atoms with E-state index >= 15 is 0 Å². The fourth-order valence-corrected chi connectivity index (χ4v) is 4.79. The number of nitrogens with zero attached hydrogens (tertiary/aromatic N) is 2. The number of aliphatic hydroxyl groups is 1. The molecule has 0 fully saturated rings. The first kappa shape index (κ1) is 26.9. The number of hydrogen-bond acceptors (Lipinski definition) is 3. The van der Waals surface area contributed by atoms with Crippen LogP contribution in [0.4, 0.5) is 0 Å². The van der Waals surface area contributed by atoms with Crippen LogP contribution < -0.4 is 0 Å². The lowest BCUT2D eigenvalue weighted by Crippen LogP contribution is -2.31. The van der Waals surface area contributed by atoms with Gasteiger partial charge in [-0.3, -0.25) is 0 Å². The number of unbranched alkanes of at least 4 members (excludes halogenated alkanes) is 6. The monoisotopic (exact) mass is 500 g/mol. The predicted molar refractivity (Wildman–Crippen MR) is 147 cm³/mol. The van der Waals surface area contributed by atoms with Crippen LogP contribution in [0.15, 0.2) is 48.5 Å². The van der Waals surface area contributed by atoms with Gasteiger partial charge in [-0.15, -0.1) is 0 Å². The average Bonchev–Trinajstić information content (AvgIpc) is 2.84. The highest BCUT2D eigenvalue weighted by atomic mass is 35.5. The van der Waals surface area contributed by atoms with E-state index in [1.54, 1.807) is 0 Å². The van der Waals surface area contributed by atoms with E-state index in [1.165, 1.54) is 51.4 Å². The molecular formula is C29H38Cl2N2O. The first-order valence-corrected chi connectivity index (χ1v) is 13.5. The van der Waals surface area contributed by atoms with Gasteiger partial charge in [0.2, 0.25) is 0 Å². The molecule has 0 amide bonds. The number of pyridine rings is 1. The second kappa shape index (κ2) is 14.0. The topological polar surface area (TPSA) is 36.4 Å². The quantitative estimate of drug-likeness (QED) is 0.225. The van der Waals surface area contributed by atoms with E-state index in [0.29, 0.717) is 16.6 Å². The molecule has 1 N–H and O–H groups in total. The number of hydrogen-bond donors (Lipinski definition) is 1.